The second kappa shape index (κ2) is 6.88. The van der Waals surface area contributed by atoms with Crippen LogP contribution in [-0.4, -0.2) is 29.9 Å². The van der Waals surface area contributed by atoms with Crippen LogP contribution < -0.4 is 4.74 Å². The van der Waals surface area contributed by atoms with Crippen LogP contribution in [0.25, 0.3) is 11.3 Å². The van der Waals surface area contributed by atoms with Crippen molar-refractivity contribution in [1.82, 2.24) is 9.88 Å². The van der Waals surface area contributed by atoms with Gasteiger partial charge in [0.05, 0.1) is 24.4 Å². The number of amides is 1. The van der Waals surface area contributed by atoms with Crippen LogP contribution in [0.2, 0.25) is 0 Å². The van der Waals surface area contributed by atoms with Crippen molar-refractivity contribution < 1.29 is 13.9 Å². The van der Waals surface area contributed by atoms with Crippen LogP contribution in [0.15, 0.2) is 46.2 Å². The Morgan fingerprint density at radius 3 is 2.62 bits per heavy atom. The molecular weight excluding hydrogens is 324 g/mol. The highest BCUT2D eigenvalue weighted by Gasteiger charge is 2.17. The molecule has 0 N–H and O–H groups in total. The quantitative estimate of drug-likeness (QED) is 0.703. The van der Waals surface area contributed by atoms with Crippen LogP contribution in [0.4, 0.5) is 0 Å². The van der Waals surface area contributed by atoms with Crippen molar-refractivity contribution in [3.8, 4) is 17.1 Å². The summed E-state index contributed by atoms with van der Waals surface area (Å²) in [4.78, 5) is 18.5. The second-order valence-corrected chi connectivity index (χ2v) is 6.47. The number of hydrogen-bond donors (Lipinski definition) is 0. The summed E-state index contributed by atoms with van der Waals surface area (Å²) in [5.41, 5.74) is 1.78. The molecule has 0 bridgehead atoms. The molecule has 1 aromatic carbocycles. The Morgan fingerprint density at radius 1 is 1.25 bits per heavy atom. The number of furan rings is 1. The van der Waals surface area contributed by atoms with Crippen molar-refractivity contribution in [3.05, 3.63) is 58.2 Å². The fourth-order valence-corrected chi connectivity index (χ4v) is 2.95. The summed E-state index contributed by atoms with van der Waals surface area (Å²) in [6.07, 6.45) is 0. The Hall–Kier alpha value is -2.60. The summed E-state index contributed by atoms with van der Waals surface area (Å²) in [6, 6.07) is 11.0. The van der Waals surface area contributed by atoms with E-state index in [0.717, 1.165) is 22.0 Å². The maximum absolute atomic E-state index is 12.5. The minimum atomic E-state index is -0.166. The van der Waals surface area contributed by atoms with Crippen molar-refractivity contribution in [3.63, 3.8) is 0 Å². The van der Waals surface area contributed by atoms with E-state index in [-0.39, 0.29) is 5.91 Å². The number of carbonyl (C=O) groups is 1. The van der Waals surface area contributed by atoms with Gasteiger partial charge in [0.1, 0.15) is 11.5 Å². The molecule has 0 radical (unpaired) electrons. The van der Waals surface area contributed by atoms with E-state index in [1.165, 1.54) is 0 Å². The number of methoxy groups -OCH3 is 1. The molecule has 0 saturated carbocycles. The van der Waals surface area contributed by atoms with Crippen molar-refractivity contribution in [2.75, 3.05) is 14.2 Å². The van der Waals surface area contributed by atoms with Crippen LogP contribution in [0.3, 0.4) is 0 Å². The van der Waals surface area contributed by atoms with Crippen molar-refractivity contribution in [2.24, 2.45) is 0 Å². The number of carbonyl (C=O) groups excluding carboxylic acids is 1. The van der Waals surface area contributed by atoms with E-state index in [2.05, 4.69) is 4.98 Å². The van der Waals surface area contributed by atoms with Crippen LogP contribution in [0.1, 0.15) is 21.3 Å². The lowest BCUT2D eigenvalue weighted by atomic mass is 10.2. The van der Waals surface area contributed by atoms with Gasteiger partial charge in [-0.15, -0.1) is 11.3 Å². The Labute approximate surface area is 144 Å². The Balaban J connectivity index is 1.72. The highest BCUT2D eigenvalue weighted by molar-refractivity contribution is 7.09. The molecule has 3 rings (SSSR count). The number of thiazole rings is 1. The molecule has 0 fully saturated rings. The van der Waals surface area contributed by atoms with Gasteiger partial charge in [0.2, 0.25) is 0 Å². The maximum Gasteiger partial charge on any atom is 0.289 e. The first-order valence-corrected chi connectivity index (χ1v) is 8.35. The molecule has 5 nitrogen and oxygen atoms in total. The van der Waals surface area contributed by atoms with Gasteiger partial charge in [-0.2, -0.15) is 0 Å². The second-order valence-electron chi connectivity index (χ2n) is 5.41. The number of hydrogen-bond acceptors (Lipinski definition) is 5. The maximum atomic E-state index is 12.5. The average Bonchev–Trinajstić information content (AvgIpc) is 3.23. The number of ether oxygens (including phenoxy) is 1. The monoisotopic (exact) mass is 342 g/mol. The van der Waals surface area contributed by atoms with E-state index < -0.39 is 0 Å². The molecule has 6 heteroatoms. The molecular formula is C18H18N2O3S. The molecule has 0 atom stereocenters. The standard InChI is InChI=1S/C18H18N2O3S/c1-12-19-14(11-24-12)10-20(2)18(21)17-9-8-16(23-17)13-4-6-15(22-3)7-5-13/h4-9,11H,10H2,1-3H3. The summed E-state index contributed by atoms with van der Waals surface area (Å²) in [5.74, 6) is 1.58. The van der Waals surface area contributed by atoms with Gasteiger partial charge in [0.15, 0.2) is 5.76 Å². The predicted octanol–water partition coefficient (Wildman–Crippen LogP) is 3.99. The minimum Gasteiger partial charge on any atom is -0.497 e. The molecule has 0 unspecified atom stereocenters. The predicted molar refractivity (Wildman–Crippen MR) is 93.3 cm³/mol. The van der Waals surface area contributed by atoms with Gasteiger partial charge in [-0.05, 0) is 43.3 Å². The summed E-state index contributed by atoms with van der Waals surface area (Å²) in [7, 11) is 3.37. The number of aryl methyl sites for hydroxylation is 1. The van der Waals surface area contributed by atoms with Gasteiger partial charge in [0, 0.05) is 18.0 Å². The molecule has 24 heavy (non-hydrogen) atoms. The Kier molecular flexibility index (Phi) is 4.66. The van der Waals surface area contributed by atoms with E-state index in [1.54, 1.807) is 42.5 Å². The van der Waals surface area contributed by atoms with Gasteiger partial charge in [-0.25, -0.2) is 4.98 Å². The number of aromatic nitrogens is 1. The lowest BCUT2D eigenvalue weighted by molar-refractivity contribution is 0.0753. The summed E-state index contributed by atoms with van der Waals surface area (Å²) in [5, 5.41) is 2.95. The van der Waals surface area contributed by atoms with Crippen LogP contribution >= 0.6 is 11.3 Å². The van der Waals surface area contributed by atoms with Crippen molar-refractivity contribution >= 4 is 17.2 Å². The van der Waals surface area contributed by atoms with Crippen LogP contribution in [0.5, 0.6) is 5.75 Å². The first kappa shape index (κ1) is 16.3. The first-order chi connectivity index (χ1) is 11.6. The fraction of sp³-hybridized carbons (Fsp3) is 0.222. The Bertz CT molecular complexity index is 836. The van der Waals surface area contributed by atoms with Gasteiger partial charge < -0.3 is 14.1 Å². The van der Waals surface area contributed by atoms with E-state index in [4.69, 9.17) is 9.15 Å². The minimum absolute atomic E-state index is 0.166. The van der Waals surface area contributed by atoms with Crippen LogP contribution in [-0.2, 0) is 6.54 Å². The van der Waals surface area contributed by atoms with Crippen molar-refractivity contribution in [1.29, 1.82) is 0 Å². The molecule has 0 aliphatic carbocycles. The summed E-state index contributed by atoms with van der Waals surface area (Å²) < 4.78 is 10.9. The Morgan fingerprint density at radius 2 is 2.00 bits per heavy atom. The van der Waals surface area contributed by atoms with Gasteiger partial charge in [-0.1, -0.05) is 0 Å². The van der Waals surface area contributed by atoms with Crippen LogP contribution in [0, 0.1) is 6.92 Å². The number of rotatable bonds is 5. The lowest BCUT2D eigenvalue weighted by Crippen LogP contribution is -2.25. The third-order valence-electron chi connectivity index (χ3n) is 3.60. The zero-order valence-corrected chi connectivity index (χ0v) is 14.6. The third kappa shape index (κ3) is 3.49. The molecule has 0 aliphatic rings. The first-order valence-electron chi connectivity index (χ1n) is 7.47. The highest BCUT2D eigenvalue weighted by Crippen LogP contribution is 2.25. The fourth-order valence-electron chi connectivity index (χ4n) is 2.35. The van der Waals surface area contributed by atoms with E-state index >= 15 is 0 Å². The zero-order valence-electron chi connectivity index (χ0n) is 13.8. The summed E-state index contributed by atoms with van der Waals surface area (Å²) >= 11 is 1.58. The topological polar surface area (TPSA) is 55.6 Å². The average molecular weight is 342 g/mol. The normalized spacial score (nSPS) is 10.6. The number of nitrogens with zero attached hydrogens (tertiary/aromatic N) is 2. The molecule has 124 valence electrons. The molecule has 3 aromatic rings. The smallest absolute Gasteiger partial charge is 0.289 e. The van der Waals surface area contributed by atoms with E-state index in [9.17, 15) is 4.79 Å². The zero-order chi connectivity index (χ0) is 17.1. The molecule has 2 aromatic heterocycles. The largest absolute Gasteiger partial charge is 0.497 e. The van der Waals surface area contributed by atoms with Gasteiger partial charge >= 0.3 is 0 Å². The van der Waals surface area contributed by atoms with E-state index in [1.807, 2.05) is 36.6 Å². The molecule has 1 amide bonds. The lowest BCUT2D eigenvalue weighted by Gasteiger charge is -2.14. The molecule has 0 aliphatic heterocycles. The third-order valence-corrected chi connectivity index (χ3v) is 4.43. The van der Waals surface area contributed by atoms with E-state index in [0.29, 0.717) is 18.1 Å². The highest BCUT2D eigenvalue weighted by atomic mass is 32.1. The van der Waals surface area contributed by atoms with Gasteiger partial charge in [0.25, 0.3) is 5.91 Å². The molecule has 0 saturated heterocycles. The molecule has 2 heterocycles. The van der Waals surface area contributed by atoms with Crippen molar-refractivity contribution in [2.45, 2.75) is 13.5 Å². The number of benzene rings is 1. The molecule has 0 spiro atoms. The summed E-state index contributed by atoms with van der Waals surface area (Å²) in [6.45, 7) is 2.41. The van der Waals surface area contributed by atoms with Gasteiger partial charge in [-0.3, -0.25) is 4.79 Å². The SMILES string of the molecule is COc1ccc(-c2ccc(C(=O)N(C)Cc3csc(C)n3)o2)cc1.